The van der Waals surface area contributed by atoms with E-state index in [4.69, 9.17) is 5.26 Å². The minimum atomic E-state index is -0.285. The van der Waals surface area contributed by atoms with E-state index in [-0.39, 0.29) is 11.7 Å². The molecule has 0 unspecified atom stereocenters. The van der Waals surface area contributed by atoms with Gasteiger partial charge in [-0.15, -0.1) is 0 Å². The van der Waals surface area contributed by atoms with Gasteiger partial charge in [-0.2, -0.15) is 5.26 Å². The van der Waals surface area contributed by atoms with E-state index >= 15 is 0 Å². The molecule has 0 radical (unpaired) electrons. The van der Waals surface area contributed by atoms with Crippen molar-refractivity contribution in [1.29, 1.82) is 5.26 Å². The van der Waals surface area contributed by atoms with Crippen molar-refractivity contribution in [1.82, 2.24) is 9.80 Å². The van der Waals surface area contributed by atoms with E-state index in [1.165, 1.54) is 12.1 Å². The fraction of sp³-hybridized carbons (Fsp3) is 0.467. The maximum absolute atomic E-state index is 12.8. The normalized spacial score (nSPS) is 15.9. The van der Waals surface area contributed by atoms with Crippen molar-refractivity contribution >= 4 is 5.91 Å². The Morgan fingerprint density at radius 3 is 2.45 bits per heavy atom. The summed E-state index contributed by atoms with van der Waals surface area (Å²) in [7, 11) is 0. The van der Waals surface area contributed by atoms with E-state index in [2.05, 4.69) is 11.0 Å². The van der Waals surface area contributed by atoms with Crippen LogP contribution in [0.2, 0.25) is 0 Å². The molecule has 1 aliphatic rings. The Morgan fingerprint density at radius 1 is 1.20 bits per heavy atom. The van der Waals surface area contributed by atoms with Crippen LogP contribution in [0.25, 0.3) is 0 Å². The van der Waals surface area contributed by atoms with Crippen LogP contribution >= 0.6 is 0 Å². The topological polar surface area (TPSA) is 47.3 Å². The van der Waals surface area contributed by atoms with Gasteiger partial charge in [0.25, 0.3) is 0 Å². The standard InChI is InChI=1S/C15H18FN3O/c16-14-4-2-13(3-5-14)12-15(20)19-10-8-18(9-11-19)7-1-6-17/h2-5H,1,7-12H2. The summed E-state index contributed by atoms with van der Waals surface area (Å²) in [5, 5.41) is 8.55. The smallest absolute Gasteiger partial charge is 0.227 e. The average molecular weight is 275 g/mol. The summed E-state index contributed by atoms with van der Waals surface area (Å²) in [4.78, 5) is 16.2. The number of nitriles is 1. The van der Waals surface area contributed by atoms with Gasteiger partial charge in [0.15, 0.2) is 0 Å². The van der Waals surface area contributed by atoms with Gasteiger partial charge < -0.3 is 4.90 Å². The maximum Gasteiger partial charge on any atom is 0.227 e. The number of carbonyl (C=O) groups excluding carboxylic acids is 1. The molecule has 0 N–H and O–H groups in total. The third-order valence-electron chi connectivity index (χ3n) is 3.53. The maximum atomic E-state index is 12.8. The number of halogens is 1. The number of nitrogens with zero attached hydrogens (tertiary/aromatic N) is 3. The first kappa shape index (κ1) is 14.5. The molecule has 1 fully saturated rings. The van der Waals surface area contributed by atoms with Crippen molar-refractivity contribution in [2.24, 2.45) is 0 Å². The molecule has 5 heteroatoms. The van der Waals surface area contributed by atoms with Crippen molar-refractivity contribution < 1.29 is 9.18 Å². The van der Waals surface area contributed by atoms with Crippen LogP contribution in [0.5, 0.6) is 0 Å². The van der Waals surface area contributed by atoms with Crippen LogP contribution in [0.15, 0.2) is 24.3 Å². The zero-order chi connectivity index (χ0) is 14.4. The second-order valence-electron chi connectivity index (χ2n) is 4.93. The van der Waals surface area contributed by atoms with Crippen LogP contribution in [-0.2, 0) is 11.2 Å². The first-order valence-electron chi connectivity index (χ1n) is 6.80. The molecule has 4 nitrogen and oxygen atoms in total. The number of rotatable bonds is 4. The molecule has 1 aromatic carbocycles. The minimum Gasteiger partial charge on any atom is -0.340 e. The predicted octanol–water partition coefficient (Wildman–Crippen LogP) is 1.43. The van der Waals surface area contributed by atoms with Crippen LogP contribution < -0.4 is 0 Å². The monoisotopic (exact) mass is 275 g/mol. The third kappa shape index (κ3) is 4.04. The van der Waals surface area contributed by atoms with Gasteiger partial charge in [-0.1, -0.05) is 12.1 Å². The summed E-state index contributed by atoms with van der Waals surface area (Å²) in [6.07, 6.45) is 0.849. The second-order valence-corrected chi connectivity index (χ2v) is 4.93. The molecule has 0 aliphatic carbocycles. The number of carbonyl (C=O) groups is 1. The van der Waals surface area contributed by atoms with E-state index in [0.717, 1.165) is 25.2 Å². The molecule has 0 atom stereocenters. The quantitative estimate of drug-likeness (QED) is 0.835. The average Bonchev–Trinajstić information content (AvgIpc) is 2.48. The first-order chi connectivity index (χ1) is 9.69. The van der Waals surface area contributed by atoms with Gasteiger partial charge in [0.1, 0.15) is 5.82 Å². The molecule has 0 spiro atoms. The van der Waals surface area contributed by atoms with Crippen molar-refractivity contribution in [2.75, 3.05) is 32.7 Å². The highest BCUT2D eigenvalue weighted by atomic mass is 19.1. The van der Waals surface area contributed by atoms with Crippen molar-refractivity contribution in [2.45, 2.75) is 12.8 Å². The van der Waals surface area contributed by atoms with E-state index < -0.39 is 0 Å². The van der Waals surface area contributed by atoms with E-state index in [9.17, 15) is 9.18 Å². The third-order valence-corrected chi connectivity index (χ3v) is 3.53. The number of piperazine rings is 1. The van der Waals surface area contributed by atoms with Crippen LogP contribution in [0.3, 0.4) is 0 Å². The van der Waals surface area contributed by atoms with Crippen LogP contribution in [0, 0.1) is 17.1 Å². The van der Waals surface area contributed by atoms with Crippen molar-refractivity contribution in [3.8, 4) is 6.07 Å². The van der Waals surface area contributed by atoms with Gasteiger partial charge in [0.05, 0.1) is 12.5 Å². The predicted molar refractivity (Wildman–Crippen MR) is 73.4 cm³/mol. The van der Waals surface area contributed by atoms with Gasteiger partial charge in [0.2, 0.25) is 5.91 Å². The Kier molecular flexibility index (Phi) is 5.08. The Hall–Kier alpha value is -1.93. The molecule has 1 aliphatic heterocycles. The minimum absolute atomic E-state index is 0.0801. The molecule has 0 saturated carbocycles. The van der Waals surface area contributed by atoms with Gasteiger partial charge in [-0.3, -0.25) is 9.69 Å². The summed E-state index contributed by atoms with van der Waals surface area (Å²) >= 11 is 0. The van der Waals surface area contributed by atoms with Crippen LogP contribution in [0.1, 0.15) is 12.0 Å². The molecule has 0 aromatic heterocycles. The van der Waals surface area contributed by atoms with Crippen LogP contribution in [0.4, 0.5) is 4.39 Å². The fourth-order valence-electron chi connectivity index (χ4n) is 2.32. The highest BCUT2D eigenvalue weighted by Gasteiger charge is 2.20. The lowest BCUT2D eigenvalue weighted by Crippen LogP contribution is -2.49. The molecule has 1 aromatic rings. The largest absolute Gasteiger partial charge is 0.340 e. The summed E-state index contributed by atoms with van der Waals surface area (Å²) in [5.41, 5.74) is 0.836. The molecule has 20 heavy (non-hydrogen) atoms. The molecule has 106 valence electrons. The summed E-state index contributed by atoms with van der Waals surface area (Å²) in [6, 6.07) is 8.19. The summed E-state index contributed by atoms with van der Waals surface area (Å²) in [6.45, 7) is 3.81. The number of hydrogen-bond acceptors (Lipinski definition) is 3. The molecule has 1 saturated heterocycles. The van der Waals surface area contributed by atoms with E-state index in [0.29, 0.717) is 25.9 Å². The lowest BCUT2D eigenvalue weighted by molar-refractivity contribution is -0.132. The Balaban J connectivity index is 1.80. The zero-order valence-corrected chi connectivity index (χ0v) is 11.4. The number of amides is 1. The van der Waals surface area contributed by atoms with Crippen molar-refractivity contribution in [3.05, 3.63) is 35.6 Å². The lowest BCUT2D eigenvalue weighted by atomic mass is 10.1. The zero-order valence-electron chi connectivity index (χ0n) is 11.4. The van der Waals surface area contributed by atoms with Gasteiger partial charge in [0, 0.05) is 39.1 Å². The van der Waals surface area contributed by atoms with Gasteiger partial charge in [-0.25, -0.2) is 4.39 Å². The fourth-order valence-corrected chi connectivity index (χ4v) is 2.32. The molecular formula is C15H18FN3O. The highest BCUT2D eigenvalue weighted by molar-refractivity contribution is 5.78. The molecule has 1 heterocycles. The molecule has 1 amide bonds. The van der Waals surface area contributed by atoms with Gasteiger partial charge >= 0.3 is 0 Å². The summed E-state index contributed by atoms with van der Waals surface area (Å²) < 4.78 is 12.8. The lowest BCUT2D eigenvalue weighted by Gasteiger charge is -2.34. The van der Waals surface area contributed by atoms with E-state index in [1.807, 2.05) is 4.90 Å². The molecule has 2 rings (SSSR count). The van der Waals surface area contributed by atoms with Gasteiger partial charge in [-0.05, 0) is 17.7 Å². The second kappa shape index (κ2) is 7.01. The van der Waals surface area contributed by atoms with Crippen molar-refractivity contribution in [3.63, 3.8) is 0 Å². The number of benzene rings is 1. The van der Waals surface area contributed by atoms with Crippen LogP contribution in [-0.4, -0.2) is 48.4 Å². The highest BCUT2D eigenvalue weighted by Crippen LogP contribution is 2.08. The first-order valence-corrected chi connectivity index (χ1v) is 6.80. The summed E-state index contributed by atoms with van der Waals surface area (Å²) in [5.74, 6) is -0.205. The SMILES string of the molecule is N#CCCN1CCN(C(=O)Cc2ccc(F)cc2)CC1. The molecular weight excluding hydrogens is 257 g/mol. The number of hydrogen-bond donors (Lipinski definition) is 0. The Labute approximate surface area is 118 Å². The Morgan fingerprint density at radius 2 is 1.85 bits per heavy atom. The Bertz CT molecular complexity index is 487. The molecule has 0 bridgehead atoms. The van der Waals surface area contributed by atoms with E-state index in [1.54, 1.807) is 12.1 Å².